The molecule has 0 saturated carbocycles. The molecule has 0 aromatic carbocycles. The number of amides is 1. The summed E-state index contributed by atoms with van der Waals surface area (Å²) in [4.78, 5) is 11.1. The zero-order chi connectivity index (χ0) is 12.2. The molecular formula is C11H17NO4. The molecule has 0 aromatic heterocycles. The van der Waals surface area contributed by atoms with Crippen LogP contribution in [0, 0.1) is 0 Å². The normalized spacial score (nSPS) is 28.8. The van der Waals surface area contributed by atoms with Crippen molar-refractivity contribution >= 4 is 5.91 Å². The fourth-order valence-electron chi connectivity index (χ4n) is 1.35. The van der Waals surface area contributed by atoms with Crippen molar-refractivity contribution in [3.05, 3.63) is 23.9 Å². The van der Waals surface area contributed by atoms with E-state index >= 15 is 0 Å². The number of allylic oxidation sites excluding steroid dienone is 1. The van der Waals surface area contributed by atoms with Crippen LogP contribution < -0.4 is 5.32 Å². The van der Waals surface area contributed by atoms with E-state index in [1.54, 1.807) is 13.8 Å². The molecule has 3 N–H and O–H groups in total. The average Bonchev–Trinajstić information content (AvgIpc) is 2.24. The Bertz CT molecular complexity index is 324. The fourth-order valence-corrected chi connectivity index (χ4v) is 1.35. The third-order valence-electron chi connectivity index (χ3n) is 2.24. The smallest absolute Gasteiger partial charge is 0.224 e. The molecule has 0 heterocycles. The van der Waals surface area contributed by atoms with Gasteiger partial charge in [-0.1, -0.05) is 6.92 Å². The number of rotatable bonds is 4. The van der Waals surface area contributed by atoms with Gasteiger partial charge in [0.05, 0.1) is 0 Å². The number of nitrogens with one attached hydrogen (secondary N) is 1. The maximum atomic E-state index is 11.1. The molecule has 0 aliphatic heterocycles. The van der Waals surface area contributed by atoms with E-state index in [2.05, 4.69) is 5.32 Å². The average molecular weight is 227 g/mol. The Labute approximate surface area is 94.4 Å². The van der Waals surface area contributed by atoms with Crippen molar-refractivity contribution in [3.8, 4) is 0 Å². The van der Waals surface area contributed by atoms with E-state index in [1.807, 2.05) is 0 Å². The second-order valence-electron chi connectivity index (χ2n) is 3.49. The first kappa shape index (κ1) is 12.9. The Morgan fingerprint density at radius 3 is 2.81 bits per heavy atom. The molecule has 1 aliphatic carbocycles. The summed E-state index contributed by atoms with van der Waals surface area (Å²) in [6.45, 7) is 3.73. The Morgan fingerprint density at radius 2 is 2.31 bits per heavy atom. The number of ether oxygens (including phenoxy) is 1. The largest absolute Gasteiger partial charge is 0.383 e. The number of carbonyl (C=O) groups excluding carboxylic acids is 1. The first-order valence-electron chi connectivity index (χ1n) is 5.27. The SMILES string of the molecule is CCOC1(O)C=CC(NC(=O)CC)=CC1O. The minimum Gasteiger partial charge on any atom is -0.383 e. The van der Waals surface area contributed by atoms with E-state index in [4.69, 9.17) is 4.74 Å². The highest BCUT2D eigenvalue weighted by Gasteiger charge is 2.35. The van der Waals surface area contributed by atoms with Gasteiger partial charge in [0.25, 0.3) is 0 Å². The van der Waals surface area contributed by atoms with Gasteiger partial charge in [-0.25, -0.2) is 0 Å². The molecule has 1 amide bonds. The quantitative estimate of drug-likeness (QED) is 0.593. The van der Waals surface area contributed by atoms with Gasteiger partial charge in [-0.3, -0.25) is 4.79 Å². The lowest BCUT2D eigenvalue weighted by atomic mass is 10.0. The van der Waals surface area contributed by atoms with Gasteiger partial charge >= 0.3 is 0 Å². The van der Waals surface area contributed by atoms with Gasteiger partial charge in [0, 0.05) is 18.7 Å². The van der Waals surface area contributed by atoms with E-state index in [0.29, 0.717) is 12.1 Å². The molecule has 0 fully saturated rings. The Hall–Kier alpha value is -1.17. The van der Waals surface area contributed by atoms with Crippen LogP contribution in [0.3, 0.4) is 0 Å². The van der Waals surface area contributed by atoms with E-state index in [-0.39, 0.29) is 12.5 Å². The number of hydrogen-bond donors (Lipinski definition) is 3. The summed E-state index contributed by atoms with van der Waals surface area (Å²) in [6, 6.07) is 0. The molecule has 0 spiro atoms. The minimum atomic E-state index is -1.70. The first-order chi connectivity index (χ1) is 7.51. The third kappa shape index (κ3) is 2.91. The zero-order valence-electron chi connectivity index (χ0n) is 9.43. The molecule has 0 bridgehead atoms. The monoisotopic (exact) mass is 227 g/mol. The lowest BCUT2D eigenvalue weighted by Gasteiger charge is -2.30. The maximum Gasteiger partial charge on any atom is 0.224 e. The van der Waals surface area contributed by atoms with Crippen molar-refractivity contribution in [2.75, 3.05) is 6.61 Å². The number of hydrogen-bond acceptors (Lipinski definition) is 4. The lowest BCUT2D eigenvalue weighted by molar-refractivity contribution is -0.209. The molecule has 5 nitrogen and oxygen atoms in total. The van der Waals surface area contributed by atoms with Crippen molar-refractivity contribution in [2.45, 2.75) is 32.2 Å². The fraction of sp³-hybridized carbons (Fsp3) is 0.545. The summed E-state index contributed by atoms with van der Waals surface area (Å²) in [7, 11) is 0. The topological polar surface area (TPSA) is 78.8 Å². The van der Waals surface area contributed by atoms with Crippen LogP contribution in [-0.4, -0.2) is 34.6 Å². The molecule has 5 heteroatoms. The maximum absolute atomic E-state index is 11.1. The van der Waals surface area contributed by atoms with Gasteiger partial charge < -0.3 is 20.3 Å². The summed E-state index contributed by atoms with van der Waals surface area (Å²) < 4.78 is 5.02. The van der Waals surface area contributed by atoms with Crippen LogP contribution in [0.4, 0.5) is 0 Å². The highest BCUT2D eigenvalue weighted by atomic mass is 16.6. The predicted octanol–water partition coefficient (Wildman–Crippen LogP) is 0.0523. The van der Waals surface area contributed by atoms with E-state index in [9.17, 15) is 15.0 Å². The first-order valence-corrected chi connectivity index (χ1v) is 5.27. The third-order valence-corrected chi connectivity index (χ3v) is 2.24. The van der Waals surface area contributed by atoms with Gasteiger partial charge in [0.2, 0.25) is 11.7 Å². The summed E-state index contributed by atoms with van der Waals surface area (Å²) in [5, 5.41) is 22.1. The highest BCUT2D eigenvalue weighted by molar-refractivity contribution is 5.78. The Kier molecular flexibility index (Phi) is 4.23. The zero-order valence-corrected chi connectivity index (χ0v) is 9.43. The molecule has 0 saturated heterocycles. The summed E-state index contributed by atoms with van der Waals surface area (Å²) in [5.74, 6) is -1.85. The number of carbonyl (C=O) groups is 1. The van der Waals surface area contributed by atoms with Crippen molar-refractivity contribution in [3.63, 3.8) is 0 Å². The van der Waals surface area contributed by atoms with E-state index in [1.165, 1.54) is 18.2 Å². The molecule has 2 unspecified atom stereocenters. The molecular weight excluding hydrogens is 210 g/mol. The van der Waals surface area contributed by atoms with Gasteiger partial charge in [-0.2, -0.15) is 0 Å². The standard InChI is InChI=1S/C11H17NO4/c1-3-10(14)12-8-5-6-11(15,16-4-2)9(13)7-8/h5-7,9,13,15H,3-4H2,1-2H3,(H,12,14). The number of aliphatic hydroxyl groups is 2. The van der Waals surface area contributed by atoms with E-state index < -0.39 is 11.9 Å². The molecule has 1 rings (SSSR count). The summed E-state index contributed by atoms with van der Waals surface area (Å²) in [6.07, 6.45) is 3.35. The van der Waals surface area contributed by atoms with Crippen LogP contribution in [-0.2, 0) is 9.53 Å². The van der Waals surface area contributed by atoms with Crippen molar-refractivity contribution < 1.29 is 19.7 Å². The van der Waals surface area contributed by atoms with Gasteiger partial charge in [-0.05, 0) is 25.2 Å². The molecule has 90 valence electrons. The number of aliphatic hydroxyl groups excluding tert-OH is 1. The second kappa shape index (κ2) is 5.25. The van der Waals surface area contributed by atoms with Crippen LogP contribution in [0.5, 0.6) is 0 Å². The summed E-state index contributed by atoms with van der Waals surface area (Å²) in [5.41, 5.74) is 0.462. The molecule has 1 aliphatic rings. The van der Waals surface area contributed by atoms with Crippen LogP contribution in [0.15, 0.2) is 23.9 Å². The minimum absolute atomic E-state index is 0.148. The predicted molar refractivity (Wildman–Crippen MR) is 58.2 cm³/mol. The van der Waals surface area contributed by atoms with Crippen LogP contribution >= 0.6 is 0 Å². The summed E-state index contributed by atoms with van der Waals surface area (Å²) >= 11 is 0. The second-order valence-corrected chi connectivity index (χ2v) is 3.49. The Balaban J connectivity index is 2.70. The van der Waals surface area contributed by atoms with Gasteiger partial charge in [0.15, 0.2) is 0 Å². The molecule has 16 heavy (non-hydrogen) atoms. The molecule has 0 aromatic rings. The van der Waals surface area contributed by atoms with Gasteiger partial charge in [-0.15, -0.1) is 0 Å². The highest BCUT2D eigenvalue weighted by Crippen LogP contribution is 2.21. The van der Waals surface area contributed by atoms with E-state index in [0.717, 1.165) is 0 Å². The van der Waals surface area contributed by atoms with Crippen LogP contribution in [0.25, 0.3) is 0 Å². The molecule has 0 radical (unpaired) electrons. The van der Waals surface area contributed by atoms with Crippen LogP contribution in [0.1, 0.15) is 20.3 Å². The molecule has 2 atom stereocenters. The van der Waals surface area contributed by atoms with Crippen molar-refractivity contribution in [2.24, 2.45) is 0 Å². The van der Waals surface area contributed by atoms with Crippen molar-refractivity contribution in [1.29, 1.82) is 0 Å². The lowest BCUT2D eigenvalue weighted by Crippen LogP contribution is -2.44. The van der Waals surface area contributed by atoms with Crippen molar-refractivity contribution in [1.82, 2.24) is 5.32 Å². The van der Waals surface area contributed by atoms with Gasteiger partial charge in [0.1, 0.15) is 6.10 Å². The van der Waals surface area contributed by atoms with Crippen LogP contribution in [0.2, 0.25) is 0 Å². The Morgan fingerprint density at radius 1 is 1.62 bits per heavy atom.